The van der Waals surface area contributed by atoms with Crippen LogP contribution in [0.4, 0.5) is 10.6 Å². The Balaban J connectivity index is 1.39. The Morgan fingerprint density at radius 3 is 2.56 bits per heavy atom. The normalized spacial score (nSPS) is 20.9. The number of rotatable bonds is 12. The van der Waals surface area contributed by atoms with Crippen molar-refractivity contribution in [1.82, 2.24) is 20.5 Å². The molecule has 0 aromatic carbocycles. The summed E-state index contributed by atoms with van der Waals surface area (Å²) in [7, 11) is 0. The van der Waals surface area contributed by atoms with Crippen molar-refractivity contribution < 1.29 is 34.1 Å². The van der Waals surface area contributed by atoms with Crippen LogP contribution in [0.15, 0.2) is 24.4 Å². The summed E-state index contributed by atoms with van der Waals surface area (Å²) >= 11 is 0. The number of anilines is 1. The second kappa shape index (κ2) is 13.6. The van der Waals surface area contributed by atoms with E-state index in [9.17, 15) is 29.4 Å². The Labute approximate surface area is 209 Å². The lowest BCUT2D eigenvalue weighted by molar-refractivity contribution is -0.142. The van der Waals surface area contributed by atoms with Crippen molar-refractivity contribution in [2.45, 2.75) is 63.1 Å². The van der Waals surface area contributed by atoms with Gasteiger partial charge in [0, 0.05) is 25.7 Å². The van der Waals surface area contributed by atoms with Gasteiger partial charge in [-0.2, -0.15) is 0 Å². The van der Waals surface area contributed by atoms with Crippen molar-refractivity contribution in [2.24, 2.45) is 5.92 Å². The monoisotopic (exact) mass is 505 g/mol. The largest absolute Gasteiger partial charge is 0.480 e. The Hall–Kier alpha value is -3.41. The maximum Gasteiger partial charge on any atom is 0.407 e. The third-order valence-corrected chi connectivity index (χ3v) is 6.59. The highest BCUT2D eigenvalue weighted by atomic mass is 16.5. The van der Waals surface area contributed by atoms with Crippen molar-refractivity contribution in [2.75, 3.05) is 31.6 Å². The Bertz CT molecular complexity index is 894. The molecular formula is C24H35N5O7. The van der Waals surface area contributed by atoms with Gasteiger partial charge in [-0.05, 0) is 37.3 Å². The number of carbonyl (C=O) groups excluding carboxylic acids is 2. The van der Waals surface area contributed by atoms with Gasteiger partial charge in [-0.3, -0.25) is 9.59 Å². The van der Waals surface area contributed by atoms with E-state index in [1.165, 1.54) is 11.3 Å². The van der Waals surface area contributed by atoms with Crippen LogP contribution >= 0.6 is 0 Å². The molecule has 1 aliphatic heterocycles. The van der Waals surface area contributed by atoms with Gasteiger partial charge in [0.25, 0.3) is 0 Å². The molecule has 3 unspecified atom stereocenters. The number of carboxylic acid groups (broad SMARTS) is 2. The molecule has 12 heteroatoms. The van der Waals surface area contributed by atoms with E-state index in [1.807, 2.05) is 6.07 Å². The van der Waals surface area contributed by atoms with Gasteiger partial charge < -0.3 is 35.8 Å². The topological polar surface area (TPSA) is 170 Å². The van der Waals surface area contributed by atoms with Gasteiger partial charge in [-0.1, -0.05) is 25.3 Å². The summed E-state index contributed by atoms with van der Waals surface area (Å²) in [6, 6.07) is 3.79. The van der Waals surface area contributed by atoms with Gasteiger partial charge in [0.05, 0.1) is 18.7 Å². The van der Waals surface area contributed by atoms with Crippen LogP contribution in [0.2, 0.25) is 0 Å². The van der Waals surface area contributed by atoms with Crippen LogP contribution in [0.1, 0.15) is 44.9 Å². The fraction of sp³-hybridized carbons (Fsp3) is 0.625. The summed E-state index contributed by atoms with van der Waals surface area (Å²) in [4.78, 5) is 53.1. The molecule has 1 aliphatic carbocycles. The number of nitrogens with one attached hydrogen (secondary N) is 3. The molecule has 1 aromatic rings. The highest BCUT2D eigenvalue weighted by Crippen LogP contribution is 2.26. The van der Waals surface area contributed by atoms with E-state index in [0.717, 1.165) is 25.7 Å². The molecule has 0 radical (unpaired) electrons. The fourth-order valence-corrected chi connectivity index (χ4v) is 4.68. The molecule has 2 heterocycles. The van der Waals surface area contributed by atoms with Crippen molar-refractivity contribution in [3.8, 4) is 0 Å². The fourth-order valence-electron chi connectivity index (χ4n) is 4.68. The minimum atomic E-state index is -1.24. The smallest absolute Gasteiger partial charge is 0.407 e. The predicted octanol–water partition coefficient (Wildman–Crippen LogP) is 1.29. The molecule has 2 aliphatic rings. The minimum Gasteiger partial charge on any atom is -0.480 e. The third-order valence-electron chi connectivity index (χ3n) is 6.59. The number of ether oxygens (including phenoxy) is 1. The van der Waals surface area contributed by atoms with Gasteiger partial charge in [0.1, 0.15) is 18.5 Å². The van der Waals surface area contributed by atoms with Crippen LogP contribution < -0.4 is 16.0 Å². The average molecular weight is 506 g/mol. The number of amides is 3. The van der Waals surface area contributed by atoms with Crippen LogP contribution in [-0.4, -0.2) is 88.4 Å². The lowest BCUT2D eigenvalue weighted by Gasteiger charge is -2.22. The first kappa shape index (κ1) is 27.2. The molecule has 0 bridgehead atoms. The average Bonchev–Trinajstić information content (AvgIpc) is 3.28. The predicted molar refractivity (Wildman–Crippen MR) is 129 cm³/mol. The molecule has 12 nitrogen and oxygen atoms in total. The number of pyridine rings is 1. The summed E-state index contributed by atoms with van der Waals surface area (Å²) in [5.74, 6) is -1.20. The van der Waals surface area contributed by atoms with Gasteiger partial charge in [0.15, 0.2) is 0 Å². The zero-order chi connectivity index (χ0) is 25.9. The van der Waals surface area contributed by atoms with Crippen molar-refractivity contribution >= 4 is 29.7 Å². The van der Waals surface area contributed by atoms with Crippen LogP contribution in [0, 0.1) is 5.92 Å². The molecule has 2 fully saturated rings. The summed E-state index contributed by atoms with van der Waals surface area (Å²) in [5, 5.41) is 27.0. The highest BCUT2D eigenvalue weighted by Gasteiger charge is 2.36. The van der Waals surface area contributed by atoms with Crippen LogP contribution in [0.25, 0.3) is 0 Å². The zero-order valence-electron chi connectivity index (χ0n) is 20.2. The number of aromatic nitrogens is 1. The van der Waals surface area contributed by atoms with Crippen molar-refractivity contribution in [1.29, 1.82) is 0 Å². The summed E-state index contributed by atoms with van der Waals surface area (Å²) < 4.78 is 5.61. The van der Waals surface area contributed by atoms with Crippen molar-refractivity contribution in [3.05, 3.63) is 24.4 Å². The van der Waals surface area contributed by atoms with E-state index in [-0.39, 0.29) is 37.6 Å². The lowest BCUT2D eigenvalue weighted by Crippen LogP contribution is -2.49. The Kier molecular flexibility index (Phi) is 10.3. The van der Waals surface area contributed by atoms with E-state index >= 15 is 0 Å². The Morgan fingerprint density at radius 2 is 1.89 bits per heavy atom. The van der Waals surface area contributed by atoms with Gasteiger partial charge in [0.2, 0.25) is 11.8 Å². The molecule has 5 N–H and O–H groups in total. The van der Waals surface area contributed by atoms with E-state index in [1.54, 1.807) is 18.3 Å². The first-order valence-corrected chi connectivity index (χ1v) is 12.4. The van der Waals surface area contributed by atoms with Gasteiger partial charge in [-0.15, -0.1) is 0 Å². The number of aliphatic carboxylic acids is 1. The van der Waals surface area contributed by atoms with Gasteiger partial charge in [-0.25, -0.2) is 14.6 Å². The maximum atomic E-state index is 12.3. The van der Waals surface area contributed by atoms with E-state index < -0.39 is 30.1 Å². The molecule has 198 valence electrons. The summed E-state index contributed by atoms with van der Waals surface area (Å²) in [5.41, 5.74) is 0. The zero-order valence-corrected chi connectivity index (χ0v) is 20.2. The number of hydrogen-bond donors (Lipinski definition) is 5. The summed E-state index contributed by atoms with van der Waals surface area (Å²) in [6.45, 7) is -0.153. The SMILES string of the molecule is O=C(COC1CC(CNc2ccccn2)N(C(=O)O)C1)NCC(NC(=O)CC1CCCCC1)C(=O)O. The molecule has 1 saturated carbocycles. The number of hydrogen-bond acceptors (Lipinski definition) is 7. The highest BCUT2D eigenvalue weighted by molar-refractivity contribution is 5.85. The standard InChI is InChI=1S/C24H35N5O7/c30-21(10-16-6-2-1-3-7-16)28-19(23(32)33)13-27-22(31)15-36-18-11-17(29(14-18)24(34)35)12-26-20-8-4-5-9-25-20/h4-5,8-9,16-19H,1-3,6-7,10-15H2,(H,25,26)(H,27,31)(H,28,30)(H,32,33)(H,34,35). The molecular weight excluding hydrogens is 470 g/mol. The first-order valence-electron chi connectivity index (χ1n) is 12.4. The number of likely N-dealkylation sites (tertiary alicyclic amines) is 1. The van der Waals surface area contributed by atoms with E-state index in [4.69, 9.17) is 4.74 Å². The number of carboxylic acids is 1. The molecule has 3 amide bonds. The quantitative estimate of drug-likeness (QED) is 0.281. The molecule has 36 heavy (non-hydrogen) atoms. The van der Waals surface area contributed by atoms with E-state index in [0.29, 0.717) is 25.2 Å². The van der Waals surface area contributed by atoms with Crippen LogP contribution in [0.5, 0.6) is 0 Å². The van der Waals surface area contributed by atoms with Crippen LogP contribution in [0.3, 0.4) is 0 Å². The third kappa shape index (κ3) is 8.67. The first-order chi connectivity index (χ1) is 17.3. The van der Waals surface area contributed by atoms with Crippen molar-refractivity contribution in [3.63, 3.8) is 0 Å². The molecule has 0 spiro atoms. The molecule has 3 rings (SSSR count). The molecule has 1 aromatic heterocycles. The second-order valence-corrected chi connectivity index (χ2v) is 9.32. The van der Waals surface area contributed by atoms with Gasteiger partial charge >= 0.3 is 12.1 Å². The Morgan fingerprint density at radius 1 is 1.11 bits per heavy atom. The minimum absolute atomic E-state index is 0.117. The molecule has 1 saturated heterocycles. The molecule has 3 atom stereocenters. The lowest BCUT2D eigenvalue weighted by atomic mass is 9.87. The number of nitrogens with zero attached hydrogens (tertiary/aromatic N) is 2. The second-order valence-electron chi connectivity index (χ2n) is 9.32. The van der Waals surface area contributed by atoms with Crippen LogP contribution in [-0.2, 0) is 19.1 Å². The maximum absolute atomic E-state index is 12.3. The number of carbonyl (C=O) groups is 4. The van der Waals surface area contributed by atoms with E-state index in [2.05, 4.69) is 20.9 Å². The summed E-state index contributed by atoms with van der Waals surface area (Å²) in [6.07, 6.45) is 6.05.